The summed E-state index contributed by atoms with van der Waals surface area (Å²) in [5, 5.41) is 0. The Kier molecular flexibility index (Phi) is 7.05. The second kappa shape index (κ2) is 10.1. The lowest BCUT2D eigenvalue weighted by atomic mass is 10.2. The van der Waals surface area contributed by atoms with Crippen molar-refractivity contribution >= 4 is 11.8 Å². The number of nitrogens with one attached hydrogen (secondary N) is 2. The number of para-hydroxylation sites is 1. The molecule has 3 aromatic carbocycles. The van der Waals surface area contributed by atoms with Gasteiger partial charge in [-0.25, -0.2) is 0 Å². The quantitative estimate of drug-likeness (QED) is 0.587. The molecule has 30 heavy (non-hydrogen) atoms. The van der Waals surface area contributed by atoms with E-state index in [0.29, 0.717) is 23.7 Å². The van der Waals surface area contributed by atoms with Gasteiger partial charge < -0.3 is 9.47 Å². The van der Waals surface area contributed by atoms with Gasteiger partial charge in [-0.15, -0.1) is 0 Å². The lowest BCUT2D eigenvalue weighted by Gasteiger charge is -2.16. The van der Waals surface area contributed by atoms with E-state index in [4.69, 9.17) is 9.47 Å². The first-order chi connectivity index (χ1) is 14.5. The molecule has 154 valence electrons. The van der Waals surface area contributed by atoms with Gasteiger partial charge in [-0.05, 0) is 43.7 Å². The summed E-state index contributed by atoms with van der Waals surface area (Å²) < 4.78 is 11.4. The number of benzene rings is 3. The van der Waals surface area contributed by atoms with Crippen LogP contribution in [0.5, 0.6) is 11.5 Å². The smallest absolute Gasteiger partial charge is 0.279 e. The number of hydrogen-bond acceptors (Lipinski definition) is 4. The molecule has 0 radical (unpaired) electrons. The van der Waals surface area contributed by atoms with Crippen LogP contribution in [-0.4, -0.2) is 17.9 Å². The van der Waals surface area contributed by atoms with E-state index in [1.807, 2.05) is 49.4 Å². The highest BCUT2D eigenvalue weighted by Crippen LogP contribution is 2.19. The van der Waals surface area contributed by atoms with Crippen LogP contribution in [0.4, 0.5) is 0 Å². The van der Waals surface area contributed by atoms with Gasteiger partial charge in [-0.2, -0.15) is 0 Å². The molecule has 2 N–H and O–H groups in total. The number of carbonyl (C=O) groups is 2. The third kappa shape index (κ3) is 5.85. The van der Waals surface area contributed by atoms with E-state index in [1.54, 1.807) is 43.3 Å². The van der Waals surface area contributed by atoms with Crippen LogP contribution < -0.4 is 20.3 Å². The topological polar surface area (TPSA) is 76.7 Å². The molecule has 2 amide bonds. The number of aryl methyl sites for hydroxylation is 1. The van der Waals surface area contributed by atoms with Gasteiger partial charge in [0.05, 0.1) is 5.56 Å². The maximum Gasteiger partial charge on any atom is 0.279 e. The lowest BCUT2D eigenvalue weighted by Crippen LogP contribution is -2.47. The molecule has 0 fully saturated rings. The second-order valence-corrected chi connectivity index (χ2v) is 6.79. The fourth-order valence-electron chi connectivity index (χ4n) is 2.68. The Morgan fingerprint density at radius 3 is 2.27 bits per heavy atom. The first-order valence-electron chi connectivity index (χ1n) is 9.62. The zero-order valence-corrected chi connectivity index (χ0v) is 16.9. The second-order valence-electron chi connectivity index (χ2n) is 6.79. The Morgan fingerprint density at radius 2 is 1.53 bits per heavy atom. The van der Waals surface area contributed by atoms with Crippen molar-refractivity contribution < 1.29 is 19.1 Å². The van der Waals surface area contributed by atoms with Crippen LogP contribution in [0.2, 0.25) is 0 Å². The van der Waals surface area contributed by atoms with E-state index in [-0.39, 0.29) is 0 Å². The Hall–Kier alpha value is -3.80. The van der Waals surface area contributed by atoms with Gasteiger partial charge in [0.25, 0.3) is 11.8 Å². The fourth-order valence-corrected chi connectivity index (χ4v) is 2.68. The first kappa shape index (κ1) is 20.9. The monoisotopic (exact) mass is 404 g/mol. The average Bonchev–Trinajstić information content (AvgIpc) is 2.78. The van der Waals surface area contributed by atoms with Gasteiger partial charge in [-0.3, -0.25) is 20.4 Å². The van der Waals surface area contributed by atoms with Crippen molar-refractivity contribution in [3.8, 4) is 11.5 Å². The molecule has 0 unspecified atom stereocenters. The number of hydrazine groups is 1. The maximum absolute atomic E-state index is 12.6. The molecular weight excluding hydrogens is 380 g/mol. The Morgan fingerprint density at radius 1 is 0.867 bits per heavy atom. The molecule has 0 aliphatic heterocycles. The Balaban J connectivity index is 1.55. The molecule has 0 aliphatic rings. The predicted molar refractivity (Wildman–Crippen MR) is 114 cm³/mol. The van der Waals surface area contributed by atoms with Gasteiger partial charge >= 0.3 is 0 Å². The van der Waals surface area contributed by atoms with Gasteiger partial charge in [0.2, 0.25) is 0 Å². The Labute approximate surface area is 175 Å². The molecule has 3 aromatic rings. The van der Waals surface area contributed by atoms with Gasteiger partial charge in [0, 0.05) is 0 Å². The highest BCUT2D eigenvalue weighted by Gasteiger charge is 2.17. The van der Waals surface area contributed by atoms with Crippen molar-refractivity contribution in [1.29, 1.82) is 0 Å². The summed E-state index contributed by atoms with van der Waals surface area (Å²) in [6.45, 7) is 3.91. The molecule has 3 rings (SSSR count). The summed E-state index contributed by atoms with van der Waals surface area (Å²) in [5.41, 5.74) is 7.22. The summed E-state index contributed by atoms with van der Waals surface area (Å²) in [6.07, 6.45) is -0.780. The largest absolute Gasteiger partial charge is 0.488 e. The van der Waals surface area contributed by atoms with Crippen molar-refractivity contribution in [2.45, 2.75) is 26.6 Å². The van der Waals surface area contributed by atoms with Crippen molar-refractivity contribution in [3.05, 3.63) is 95.6 Å². The SMILES string of the molecule is Cc1ccc(O[C@H](C)C(=O)NNC(=O)c2ccccc2OCc2ccccc2)cc1. The Bertz CT molecular complexity index is 988. The molecule has 0 aliphatic carbocycles. The lowest BCUT2D eigenvalue weighted by molar-refractivity contribution is -0.128. The minimum absolute atomic E-state index is 0.320. The van der Waals surface area contributed by atoms with Crippen molar-refractivity contribution in [1.82, 2.24) is 10.9 Å². The fraction of sp³-hybridized carbons (Fsp3) is 0.167. The summed E-state index contributed by atoms with van der Waals surface area (Å²) in [6, 6.07) is 23.9. The molecule has 0 bridgehead atoms. The van der Waals surface area contributed by atoms with E-state index in [1.165, 1.54) is 0 Å². The van der Waals surface area contributed by atoms with Crippen LogP contribution in [0.25, 0.3) is 0 Å². The molecule has 1 atom stereocenters. The van der Waals surface area contributed by atoms with Crippen molar-refractivity contribution in [2.24, 2.45) is 0 Å². The van der Waals surface area contributed by atoms with E-state index < -0.39 is 17.9 Å². The molecule has 0 spiro atoms. The van der Waals surface area contributed by atoms with Crippen LogP contribution in [-0.2, 0) is 11.4 Å². The van der Waals surface area contributed by atoms with Crippen molar-refractivity contribution in [3.63, 3.8) is 0 Å². The van der Waals surface area contributed by atoms with E-state index in [0.717, 1.165) is 11.1 Å². The molecule has 6 nitrogen and oxygen atoms in total. The zero-order valence-electron chi connectivity index (χ0n) is 16.9. The molecule has 0 saturated heterocycles. The number of amides is 2. The minimum Gasteiger partial charge on any atom is -0.488 e. The van der Waals surface area contributed by atoms with Crippen LogP contribution in [0.1, 0.15) is 28.4 Å². The summed E-state index contributed by atoms with van der Waals surface area (Å²) >= 11 is 0. The highest BCUT2D eigenvalue weighted by molar-refractivity contribution is 5.98. The maximum atomic E-state index is 12.6. The number of ether oxygens (including phenoxy) is 2. The molecule has 0 saturated carbocycles. The third-order valence-corrected chi connectivity index (χ3v) is 4.37. The van der Waals surface area contributed by atoms with Crippen LogP contribution in [0.15, 0.2) is 78.9 Å². The van der Waals surface area contributed by atoms with E-state index in [2.05, 4.69) is 10.9 Å². The molecular formula is C24H24N2O4. The van der Waals surface area contributed by atoms with Crippen LogP contribution in [0.3, 0.4) is 0 Å². The summed E-state index contributed by atoms with van der Waals surface area (Å²) in [4.78, 5) is 24.8. The number of rotatable bonds is 7. The van der Waals surface area contributed by atoms with E-state index >= 15 is 0 Å². The van der Waals surface area contributed by atoms with Gasteiger partial charge in [0.15, 0.2) is 6.10 Å². The molecule has 6 heteroatoms. The number of carbonyl (C=O) groups excluding carboxylic acids is 2. The molecule has 0 aromatic heterocycles. The average molecular weight is 404 g/mol. The predicted octanol–water partition coefficient (Wildman–Crippen LogP) is 3.80. The minimum atomic E-state index is -0.780. The standard InChI is InChI=1S/C24H24N2O4/c1-17-12-14-20(15-13-17)30-18(2)23(27)25-26-24(28)21-10-6-7-11-22(21)29-16-19-8-4-3-5-9-19/h3-15,18H,16H2,1-2H3,(H,25,27)(H,26,28)/t18-/m1/s1. The number of hydrogen-bond donors (Lipinski definition) is 2. The normalized spacial score (nSPS) is 11.3. The first-order valence-corrected chi connectivity index (χ1v) is 9.62. The highest BCUT2D eigenvalue weighted by atomic mass is 16.5. The van der Waals surface area contributed by atoms with Crippen LogP contribution in [0, 0.1) is 6.92 Å². The van der Waals surface area contributed by atoms with Gasteiger partial charge in [-0.1, -0.05) is 60.2 Å². The zero-order chi connectivity index (χ0) is 21.3. The third-order valence-electron chi connectivity index (χ3n) is 4.37. The summed E-state index contributed by atoms with van der Waals surface area (Å²) in [7, 11) is 0. The van der Waals surface area contributed by atoms with Gasteiger partial charge in [0.1, 0.15) is 18.1 Å². The van der Waals surface area contributed by atoms with Crippen LogP contribution >= 0.6 is 0 Å². The molecule has 0 heterocycles. The summed E-state index contributed by atoms with van der Waals surface area (Å²) in [5.74, 6) is 0.0625. The van der Waals surface area contributed by atoms with E-state index in [9.17, 15) is 9.59 Å². The van der Waals surface area contributed by atoms with Crippen molar-refractivity contribution in [2.75, 3.05) is 0 Å².